The lowest BCUT2D eigenvalue weighted by atomic mass is 10.1. The maximum absolute atomic E-state index is 13.9. The van der Waals surface area contributed by atoms with E-state index in [2.05, 4.69) is 5.32 Å². The highest BCUT2D eigenvalue weighted by molar-refractivity contribution is 6.02. The molecule has 158 valence electrons. The minimum absolute atomic E-state index is 0.0392. The fraction of sp³-hybridized carbons (Fsp3) is 0.286. The molecule has 1 unspecified atom stereocenters. The zero-order valence-corrected chi connectivity index (χ0v) is 16.2. The highest BCUT2D eigenvalue weighted by atomic mass is 19.1. The predicted molar refractivity (Wildman–Crippen MR) is 103 cm³/mol. The van der Waals surface area contributed by atoms with Crippen molar-refractivity contribution in [3.8, 4) is 5.75 Å². The first-order valence-electron chi connectivity index (χ1n) is 9.26. The summed E-state index contributed by atoms with van der Waals surface area (Å²) in [6.07, 6.45) is 0.408. The van der Waals surface area contributed by atoms with Gasteiger partial charge in [-0.05, 0) is 24.6 Å². The molecule has 0 saturated heterocycles. The Morgan fingerprint density at radius 3 is 2.67 bits per heavy atom. The molecule has 1 aliphatic heterocycles. The van der Waals surface area contributed by atoms with E-state index < -0.39 is 29.6 Å². The lowest BCUT2D eigenvalue weighted by Gasteiger charge is -2.34. The minimum Gasteiger partial charge on any atom is -0.488 e. The molecule has 0 saturated carbocycles. The number of hydrogen-bond donors (Lipinski definition) is 3. The molecule has 1 atom stereocenters. The number of rotatable bonds is 8. The Bertz CT molecular complexity index is 978. The molecule has 2 aromatic carbocycles. The predicted octanol–water partition coefficient (Wildman–Crippen LogP) is 1.05. The van der Waals surface area contributed by atoms with E-state index in [0.717, 1.165) is 0 Å². The molecule has 0 aliphatic carbocycles. The van der Waals surface area contributed by atoms with Crippen LogP contribution in [0.5, 0.6) is 5.75 Å². The van der Waals surface area contributed by atoms with Gasteiger partial charge in [0.2, 0.25) is 5.91 Å². The Labute approximate surface area is 171 Å². The number of aliphatic hydroxyl groups is 2. The van der Waals surface area contributed by atoms with Gasteiger partial charge in [0.05, 0.1) is 11.1 Å². The lowest BCUT2D eigenvalue weighted by molar-refractivity contribution is -0.259. The van der Waals surface area contributed by atoms with Gasteiger partial charge in [-0.25, -0.2) is 4.39 Å². The molecule has 3 N–H and O–H groups in total. The molecule has 9 heteroatoms. The van der Waals surface area contributed by atoms with Crippen molar-refractivity contribution in [1.29, 1.82) is 0 Å². The number of carbonyl (C=O) groups is 3. The maximum Gasteiger partial charge on any atom is 0.282 e. The monoisotopic (exact) mass is 416 g/mol. The SMILES string of the molecule is CNC(=O)C(CCC=O)N1C(=O)c2cccc(OCc3ccccc3F)c2C1(O)O. The molecule has 2 amide bonds. The lowest BCUT2D eigenvalue weighted by Crippen LogP contribution is -2.55. The summed E-state index contributed by atoms with van der Waals surface area (Å²) >= 11 is 0. The number of likely N-dealkylation sites (N-methyl/N-ethyl adjacent to an activating group) is 1. The number of hydrogen-bond acceptors (Lipinski definition) is 6. The third-order valence-electron chi connectivity index (χ3n) is 4.91. The van der Waals surface area contributed by atoms with Crippen molar-refractivity contribution in [1.82, 2.24) is 10.2 Å². The minimum atomic E-state index is -2.86. The van der Waals surface area contributed by atoms with Crippen molar-refractivity contribution in [2.24, 2.45) is 0 Å². The molecule has 0 aromatic heterocycles. The zero-order chi connectivity index (χ0) is 21.9. The number of benzene rings is 2. The van der Waals surface area contributed by atoms with E-state index in [-0.39, 0.29) is 41.9 Å². The number of nitrogens with one attached hydrogen (secondary N) is 1. The molecule has 2 aromatic rings. The van der Waals surface area contributed by atoms with Crippen LogP contribution >= 0.6 is 0 Å². The number of fused-ring (bicyclic) bond motifs is 1. The van der Waals surface area contributed by atoms with Gasteiger partial charge in [-0.15, -0.1) is 0 Å². The van der Waals surface area contributed by atoms with Crippen LogP contribution in [0.1, 0.15) is 34.3 Å². The van der Waals surface area contributed by atoms with Crippen LogP contribution in [0.4, 0.5) is 4.39 Å². The summed E-state index contributed by atoms with van der Waals surface area (Å²) in [6, 6.07) is 8.91. The number of carbonyl (C=O) groups excluding carboxylic acids is 3. The second kappa shape index (κ2) is 8.60. The zero-order valence-electron chi connectivity index (χ0n) is 16.2. The Morgan fingerprint density at radius 1 is 1.27 bits per heavy atom. The van der Waals surface area contributed by atoms with Crippen LogP contribution in [-0.2, 0) is 22.1 Å². The number of aldehydes is 1. The summed E-state index contributed by atoms with van der Waals surface area (Å²) in [7, 11) is 1.34. The highest BCUT2D eigenvalue weighted by Gasteiger charge is 2.54. The summed E-state index contributed by atoms with van der Waals surface area (Å²) in [4.78, 5) is 36.7. The first-order valence-corrected chi connectivity index (χ1v) is 9.26. The van der Waals surface area contributed by atoms with Gasteiger partial charge >= 0.3 is 0 Å². The van der Waals surface area contributed by atoms with Crippen molar-refractivity contribution in [3.05, 3.63) is 65.0 Å². The third kappa shape index (κ3) is 3.77. The summed E-state index contributed by atoms with van der Waals surface area (Å²) in [5.41, 5.74) is -0.0654. The van der Waals surface area contributed by atoms with Crippen LogP contribution < -0.4 is 10.1 Å². The van der Waals surface area contributed by atoms with Gasteiger partial charge in [-0.3, -0.25) is 14.5 Å². The van der Waals surface area contributed by atoms with Gasteiger partial charge in [-0.2, -0.15) is 0 Å². The Kier molecular flexibility index (Phi) is 6.14. The smallest absolute Gasteiger partial charge is 0.282 e. The van der Waals surface area contributed by atoms with Crippen molar-refractivity contribution in [2.75, 3.05) is 7.05 Å². The van der Waals surface area contributed by atoms with Crippen molar-refractivity contribution in [2.45, 2.75) is 31.4 Å². The Morgan fingerprint density at radius 2 is 2.00 bits per heavy atom. The molecular weight excluding hydrogens is 395 g/mol. The summed E-state index contributed by atoms with van der Waals surface area (Å²) < 4.78 is 19.5. The quantitative estimate of drug-likeness (QED) is 0.438. The number of halogens is 1. The van der Waals surface area contributed by atoms with E-state index in [1.165, 1.54) is 43.4 Å². The maximum atomic E-state index is 13.9. The van der Waals surface area contributed by atoms with E-state index in [9.17, 15) is 29.0 Å². The standard InChI is InChI=1S/C21H21FN2O6/c1-23-19(26)16(9-5-11-25)24-20(27)14-7-4-10-17(18(14)21(24,28)29)30-12-13-6-2-3-8-15(13)22/h2-4,6-8,10-11,16,28-29H,5,9,12H2,1H3,(H,23,26). The summed E-state index contributed by atoms with van der Waals surface area (Å²) in [5, 5.41) is 24.1. The van der Waals surface area contributed by atoms with Gasteiger partial charge in [-0.1, -0.05) is 24.3 Å². The molecule has 0 radical (unpaired) electrons. The van der Waals surface area contributed by atoms with E-state index in [0.29, 0.717) is 11.2 Å². The average molecular weight is 416 g/mol. The molecule has 0 fully saturated rings. The number of amides is 2. The van der Waals surface area contributed by atoms with Gasteiger partial charge in [0.15, 0.2) is 0 Å². The third-order valence-corrected chi connectivity index (χ3v) is 4.91. The first-order chi connectivity index (χ1) is 14.3. The van der Waals surface area contributed by atoms with Crippen LogP contribution in [0.25, 0.3) is 0 Å². The van der Waals surface area contributed by atoms with Gasteiger partial charge in [0.25, 0.3) is 11.8 Å². The summed E-state index contributed by atoms with van der Waals surface area (Å²) in [6.45, 7) is -0.211. The van der Waals surface area contributed by atoms with Crippen molar-refractivity contribution in [3.63, 3.8) is 0 Å². The van der Waals surface area contributed by atoms with Gasteiger partial charge in [0.1, 0.15) is 30.5 Å². The molecule has 8 nitrogen and oxygen atoms in total. The normalized spacial score (nSPS) is 15.5. The molecule has 0 bridgehead atoms. The van der Waals surface area contributed by atoms with Crippen LogP contribution in [0.2, 0.25) is 0 Å². The molecule has 1 heterocycles. The van der Waals surface area contributed by atoms with Crippen LogP contribution in [0.3, 0.4) is 0 Å². The van der Waals surface area contributed by atoms with E-state index >= 15 is 0 Å². The Hall–Kier alpha value is -3.30. The number of nitrogens with zero attached hydrogens (tertiary/aromatic N) is 1. The van der Waals surface area contributed by atoms with Crippen LogP contribution in [0.15, 0.2) is 42.5 Å². The molecule has 3 rings (SSSR count). The molecule has 1 aliphatic rings. The number of ether oxygens (including phenoxy) is 1. The van der Waals surface area contributed by atoms with E-state index in [4.69, 9.17) is 4.74 Å². The second-order valence-corrected chi connectivity index (χ2v) is 6.74. The molecule has 30 heavy (non-hydrogen) atoms. The highest BCUT2D eigenvalue weighted by Crippen LogP contribution is 2.43. The Balaban J connectivity index is 1.97. The van der Waals surface area contributed by atoms with Gasteiger partial charge < -0.3 is 25.1 Å². The van der Waals surface area contributed by atoms with Crippen molar-refractivity contribution < 1.29 is 33.7 Å². The first kappa shape index (κ1) is 21.4. The fourth-order valence-electron chi connectivity index (χ4n) is 3.47. The topological polar surface area (TPSA) is 116 Å². The van der Waals surface area contributed by atoms with Crippen LogP contribution in [-0.4, -0.2) is 46.3 Å². The average Bonchev–Trinajstić information content (AvgIpc) is 2.94. The van der Waals surface area contributed by atoms with Crippen molar-refractivity contribution >= 4 is 18.1 Å². The van der Waals surface area contributed by atoms with E-state index in [1.54, 1.807) is 6.07 Å². The summed E-state index contributed by atoms with van der Waals surface area (Å²) in [5.74, 6) is -4.85. The second-order valence-electron chi connectivity index (χ2n) is 6.74. The van der Waals surface area contributed by atoms with Gasteiger partial charge in [0, 0.05) is 19.0 Å². The largest absolute Gasteiger partial charge is 0.488 e. The molecular formula is C21H21FN2O6. The molecule has 0 spiro atoms. The van der Waals surface area contributed by atoms with E-state index in [1.807, 2.05) is 0 Å². The van der Waals surface area contributed by atoms with Crippen LogP contribution in [0, 0.1) is 5.82 Å². The fourth-order valence-corrected chi connectivity index (χ4v) is 3.47.